The van der Waals surface area contributed by atoms with Crippen LogP contribution in [-0.2, 0) is 0 Å². The van der Waals surface area contributed by atoms with Crippen molar-refractivity contribution in [2.45, 2.75) is 18.9 Å². The van der Waals surface area contributed by atoms with Gasteiger partial charge in [-0.05, 0) is 31.1 Å². The van der Waals surface area contributed by atoms with Gasteiger partial charge in [-0.2, -0.15) is 19.6 Å². The average Bonchev–Trinajstić information content (AvgIpc) is 3.17. The third-order valence-electron chi connectivity index (χ3n) is 5.23. The maximum atomic E-state index is 11.5. The van der Waals surface area contributed by atoms with E-state index < -0.39 is 5.69 Å². The second kappa shape index (κ2) is 7.58. The lowest BCUT2D eigenvalue weighted by Gasteiger charge is -2.07. The summed E-state index contributed by atoms with van der Waals surface area (Å²) in [6.07, 6.45) is 5.13. The molecule has 3 aromatic heterocycles. The van der Waals surface area contributed by atoms with Crippen LogP contribution < -0.4 is 26.6 Å². The Bertz CT molecular complexity index is 1580. The van der Waals surface area contributed by atoms with Crippen molar-refractivity contribution < 1.29 is 9.84 Å². The van der Waals surface area contributed by atoms with Gasteiger partial charge in [0.05, 0.1) is 18.8 Å². The second-order valence-electron chi connectivity index (χ2n) is 7.77. The summed E-state index contributed by atoms with van der Waals surface area (Å²) in [6.45, 7) is 1.56. The van der Waals surface area contributed by atoms with Crippen molar-refractivity contribution >= 4 is 17.6 Å². The molecule has 0 radical (unpaired) electrons. The molecule has 1 aliphatic heterocycles. The highest BCUT2D eigenvalue weighted by atomic mass is 16.5. The molecule has 4 N–H and O–H groups in total. The van der Waals surface area contributed by atoms with Crippen LogP contribution in [0.2, 0.25) is 0 Å². The Labute approximate surface area is 185 Å². The Morgan fingerprint density at radius 2 is 2.15 bits per heavy atom. The van der Waals surface area contributed by atoms with E-state index in [9.17, 15) is 9.90 Å². The first-order chi connectivity index (χ1) is 16.1. The zero-order valence-electron chi connectivity index (χ0n) is 17.3. The van der Waals surface area contributed by atoms with Gasteiger partial charge in [0.1, 0.15) is 17.3 Å². The van der Waals surface area contributed by atoms with E-state index in [-0.39, 0.29) is 23.6 Å². The minimum absolute atomic E-state index is 0.113. The largest absolute Gasteiger partial charge is 0.493 e. The van der Waals surface area contributed by atoms with Crippen molar-refractivity contribution in [2.24, 2.45) is 9.98 Å². The van der Waals surface area contributed by atoms with Crippen LogP contribution >= 0.6 is 0 Å². The number of fused-ring (bicyclic) bond motifs is 1. The van der Waals surface area contributed by atoms with Crippen LogP contribution in [0.4, 0.5) is 0 Å². The van der Waals surface area contributed by atoms with Crippen LogP contribution in [0, 0.1) is 0 Å². The van der Waals surface area contributed by atoms with Crippen molar-refractivity contribution in [2.75, 3.05) is 13.1 Å². The second-order valence-corrected chi connectivity index (χ2v) is 7.77. The molecule has 0 bridgehead atoms. The van der Waals surface area contributed by atoms with Crippen LogP contribution in [0.3, 0.4) is 0 Å². The fourth-order valence-electron chi connectivity index (χ4n) is 3.51. The molecule has 1 saturated carbocycles. The number of imidazole rings is 1. The molecule has 0 spiro atoms. The Balaban J connectivity index is 1.45. The number of amidine groups is 1. The third kappa shape index (κ3) is 3.82. The van der Waals surface area contributed by atoms with Gasteiger partial charge in [0.25, 0.3) is 5.62 Å². The van der Waals surface area contributed by atoms with E-state index in [2.05, 4.69) is 40.3 Å². The first-order valence-electron chi connectivity index (χ1n) is 10.5. The number of nitrogens with zero attached hydrogens (tertiary/aromatic N) is 6. The van der Waals surface area contributed by atoms with E-state index >= 15 is 0 Å². The van der Waals surface area contributed by atoms with E-state index in [4.69, 9.17) is 4.74 Å². The smallest absolute Gasteiger partial charge is 0.327 e. The van der Waals surface area contributed by atoms with Gasteiger partial charge >= 0.3 is 11.7 Å². The number of aromatic hydroxyl groups is 1. The summed E-state index contributed by atoms with van der Waals surface area (Å²) in [5.41, 5.74) is 1.42. The van der Waals surface area contributed by atoms with E-state index in [0.717, 1.165) is 37.3 Å². The summed E-state index contributed by atoms with van der Waals surface area (Å²) >= 11 is 0. The van der Waals surface area contributed by atoms with Crippen LogP contribution in [0.1, 0.15) is 24.1 Å². The van der Waals surface area contributed by atoms with Crippen molar-refractivity contribution in [1.82, 2.24) is 34.9 Å². The minimum atomic E-state index is -0.514. The number of nitrogens with one attached hydrogen (secondary N) is 3. The fraction of sp³-hybridized carbons (Fsp3) is 0.238. The fourth-order valence-corrected chi connectivity index (χ4v) is 3.51. The van der Waals surface area contributed by atoms with Crippen LogP contribution in [0.15, 0.2) is 45.2 Å². The van der Waals surface area contributed by atoms with E-state index in [0.29, 0.717) is 22.2 Å². The van der Waals surface area contributed by atoms with Crippen molar-refractivity contribution in [1.29, 1.82) is 0 Å². The molecule has 6 rings (SSSR count). The Kier molecular flexibility index (Phi) is 4.42. The molecule has 166 valence electrons. The van der Waals surface area contributed by atoms with E-state index in [1.807, 2.05) is 24.3 Å². The normalized spacial score (nSPS) is 16.9. The highest BCUT2D eigenvalue weighted by molar-refractivity contribution is 6.00. The first-order valence-corrected chi connectivity index (χ1v) is 10.5. The number of hydrogen-bond acceptors (Lipinski definition) is 9. The number of rotatable bonds is 5. The number of aliphatic imine (C=N–C) groups is 1. The molecule has 0 unspecified atom stereocenters. The molecule has 2 aliphatic rings. The lowest BCUT2D eigenvalue weighted by atomic mass is 10.2. The summed E-state index contributed by atoms with van der Waals surface area (Å²) in [6, 6.07) is 7.83. The molecule has 33 heavy (non-hydrogen) atoms. The molecular formula is C21H19N9O3. The third-order valence-corrected chi connectivity index (χ3v) is 5.23. The summed E-state index contributed by atoms with van der Waals surface area (Å²) in [5.74, 6) is 1.12. The number of aromatic nitrogens is 6. The zero-order valence-corrected chi connectivity index (χ0v) is 17.3. The zero-order chi connectivity index (χ0) is 22.4. The Hall–Kier alpha value is -4.48. The lowest BCUT2D eigenvalue weighted by molar-refractivity contribution is 0.435. The van der Waals surface area contributed by atoms with E-state index in [1.165, 1.54) is 4.52 Å². The van der Waals surface area contributed by atoms with Gasteiger partial charge in [-0.25, -0.2) is 9.79 Å². The topological polar surface area (TPSA) is 158 Å². The molecule has 1 aromatic carbocycles. The molecule has 0 saturated heterocycles. The number of hydrogen-bond donors (Lipinski definition) is 4. The summed E-state index contributed by atoms with van der Waals surface area (Å²) in [5, 5.41) is 18.1. The molecule has 12 nitrogen and oxygen atoms in total. The highest BCUT2D eigenvalue weighted by Crippen LogP contribution is 2.23. The predicted octanol–water partition coefficient (Wildman–Crippen LogP) is -0.401. The Morgan fingerprint density at radius 3 is 2.91 bits per heavy atom. The quantitative estimate of drug-likeness (QED) is 0.325. The lowest BCUT2D eigenvalue weighted by Crippen LogP contribution is -2.23. The number of benzene rings is 1. The summed E-state index contributed by atoms with van der Waals surface area (Å²) < 4.78 is 7.52. The van der Waals surface area contributed by atoms with Gasteiger partial charge in [-0.3, -0.25) is 9.98 Å². The van der Waals surface area contributed by atoms with Gasteiger partial charge in [0.2, 0.25) is 5.88 Å². The van der Waals surface area contributed by atoms with Crippen molar-refractivity contribution in [3.63, 3.8) is 0 Å². The molecule has 0 amide bonds. The van der Waals surface area contributed by atoms with Gasteiger partial charge in [-0.15, -0.1) is 0 Å². The number of H-pyrrole nitrogens is 2. The molecule has 1 aliphatic carbocycles. The van der Waals surface area contributed by atoms with Gasteiger partial charge in [-0.1, -0.05) is 12.1 Å². The molecule has 4 heterocycles. The van der Waals surface area contributed by atoms with Gasteiger partial charge in [0.15, 0.2) is 5.65 Å². The van der Waals surface area contributed by atoms with Crippen molar-refractivity contribution in [3.8, 4) is 17.6 Å². The van der Waals surface area contributed by atoms with Crippen molar-refractivity contribution in [3.05, 3.63) is 63.0 Å². The molecule has 1 fully saturated rings. The maximum absolute atomic E-state index is 11.5. The summed E-state index contributed by atoms with van der Waals surface area (Å²) in [7, 11) is 0. The number of aromatic amines is 2. The Morgan fingerprint density at radius 1 is 1.24 bits per heavy atom. The molecular weight excluding hydrogens is 426 g/mol. The van der Waals surface area contributed by atoms with Crippen LogP contribution in [0.25, 0.3) is 11.7 Å². The van der Waals surface area contributed by atoms with Gasteiger partial charge in [0, 0.05) is 17.3 Å². The standard InChI is InChI=1S/C21H19N9O3/c31-18-15(26-20(32)28-18)9-12-10-24-30-17(12)27-21(29-19(30)25-13-4-5-13)33-14-3-1-2-11(8-14)16-22-6-7-23-16/h1-3,8-10,13,31H,4-7H2,(H,22,23)(H2,26,28,32). The van der Waals surface area contributed by atoms with E-state index in [1.54, 1.807) is 12.3 Å². The van der Waals surface area contributed by atoms with Crippen LogP contribution in [-0.4, -0.2) is 59.6 Å². The van der Waals surface area contributed by atoms with Gasteiger partial charge < -0.3 is 20.1 Å². The first kappa shape index (κ1) is 19.2. The highest BCUT2D eigenvalue weighted by Gasteiger charge is 2.21. The average molecular weight is 445 g/mol. The van der Waals surface area contributed by atoms with Crippen LogP contribution in [0.5, 0.6) is 17.6 Å². The molecule has 12 heteroatoms. The minimum Gasteiger partial charge on any atom is -0.493 e. The molecule has 0 atom stereocenters. The SMILES string of the molecule is O=c1[nH]c(O)c(C=c2cnn3c(=NC4CC4)nc(Oc4cccc(C5=NCCN5)c4)nc23)[nH]1. The summed E-state index contributed by atoms with van der Waals surface area (Å²) in [4.78, 5) is 34.4. The number of ether oxygens (including phenoxy) is 1. The maximum Gasteiger partial charge on any atom is 0.327 e. The molecule has 4 aromatic rings. The monoisotopic (exact) mass is 445 g/mol. The predicted molar refractivity (Wildman–Crippen MR) is 117 cm³/mol.